The lowest BCUT2D eigenvalue weighted by Gasteiger charge is -2.09. The highest BCUT2D eigenvalue weighted by atomic mass is 32.2. The summed E-state index contributed by atoms with van der Waals surface area (Å²) in [5, 5.41) is 0.538. The number of nitrogens with two attached hydrogens (primary N) is 3. The lowest BCUT2D eigenvalue weighted by molar-refractivity contribution is 0.411. The Kier molecular flexibility index (Phi) is 3.96. The molecule has 1 aromatic heterocycles. The lowest BCUT2D eigenvalue weighted by atomic mass is 10.2. The highest BCUT2D eigenvalue weighted by Gasteiger charge is 2.07. The van der Waals surface area contributed by atoms with Crippen LogP contribution in [-0.2, 0) is 5.75 Å². The van der Waals surface area contributed by atoms with Crippen molar-refractivity contribution in [3.05, 3.63) is 29.8 Å². The number of rotatable bonds is 4. The van der Waals surface area contributed by atoms with Crippen LogP contribution in [0.3, 0.4) is 0 Å². The maximum Gasteiger partial charge on any atom is 0.191 e. The molecule has 0 fully saturated rings. The number of methoxy groups -OCH3 is 1. The molecule has 0 unspecified atom stereocenters. The molecule has 0 aliphatic heterocycles. The molecule has 7 heteroatoms. The zero-order chi connectivity index (χ0) is 13.8. The van der Waals surface area contributed by atoms with Crippen LogP contribution in [0.25, 0.3) is 0 Å². The molecular weight excluding hydrogens is 262 g/mol. The highest BCUT2D eigenvalue weighted by molar-refractivity contribution is 7.98. The predicted molar refractivity (Wildman–Crippen MR) is 77.8 cm³/mol. The van der Waals surface area contributed by atoms with E-state index in [1.54, 1.807) is 13.2 Å². The van der Waals surface area contributed by atoms with Crippen molar-refractivity contribution in [1.82, 2.24) is 9.97 Å². The maximum atomic E-state index is 5.71. The first kappa shape index (κ1) is 13.3. The number of aromatic nitrogens is 2. The molecular formula is C12H15N5OS. The molecule has 0 atom stereocenters. The van der Waals surface area contributed by atoms with E-state index in [1.807, 2.05) is 12.1 Å². The summed E-state index contributed by atoms with van der Waals surface area (Å²) in [5.74, 6) is 2.11. The van der Waals surface area contributed by atoms with Gasteiger partial charge in [-0.25, -0.2) is 9.97 Å². The van der Waals surface area contributed by atoms with Crippen molar-refractivity contribution < 1.29 is 4.74 Å². The Balaban J connectivity index is 2.14. The molecule has 0 saturated carbocycles. The lowest BCUT2D eigenvalue weighted by Crippen LogP contribution is -1.99. The van der Waals surface area contributed by atoms with Crippen molar-refractivity contribution in [2.75, 3.05) is 24.3 Å². The molecule has 19 heavy (non-hydrogen) atoms. The van der Waals surface area contributed by atoms with Crippen molar-refractivity contribution in [3.8, 4) is 5.75 Å². The van der Waals surface area contributed by atoms with E-state index in [0.717, 1.165) is 11.3 Å². The number of anilines is 3. The largest absolute Gasteiger partial charge is 0.496 e. The van der Waals surface area contributed by atoms with E-state index in [9.17, 15) is 0 Å². The SMILES string of the molecule is COc1cc(N)ccc1CSc1nc(N)cc(N)n1. The molecule has 0 amide bonds. The summed E-state index contributed by atoms with van der Waals surface area (Å²) in [6, 6.07) is 7.04. The van der Waals surface area contributed by atoms with Crippen molar-refractivity contribution >= 4 is 29.1 Å². The molecule has 6 N–H and O–H groups in total. The minimum absolute atomic E-state index is 0.360. The van der Waals surface area contributed by atoms with E-state index in [0.29, 0.717) is 28.2 Å². The average Bonchev–Trinajstić information content (AvgIpc) is 2.36. The monoisotopic (exact) mass is 277 g/mol. The van der Waals surface area contributed by atoms with Crippen molar-refractivity contribution in [3.63, 3.8) is 0 Å². The summed E-state index contributed by atoms with van der Waals surface area (Å²) in [6.45, 7) is 0. The Labute approximate surface area is 115 Å². The second-order valence-corrected chi connectivity index (χ2v) is 4.80. The topological polar surface area (TPSA) is 113 Å². The van der Waals surface area contributed by atoms with Gasteiger partial charge in [0.25, 0.3) is 0 Å². The van der Waals surface area contributed by atoms with E-state index in [1.165, 1.54) is 17.8 Å². The van der Waals surface area contributed by atoms with Gasteiger partial charge in [-0.05, 0) is 6.07 Å². The van der Waals surface area contributed by atoms with Crippen molar-refractivity contribution in [1.29, 1.82) is 0 Å². The first-order chi connectivity index (χ1) is 9.08. The van der Waals surface area contributed by atoms with E-state index >= 15 is 0 Å². The summed E-state index contributed by atoms with van der Waals surface area (Å²) < 4.78 is 5.28. The van der Waals surface area contributed by atoms with Gasteiger partial charge in [0.15, 0.2) is 5.16 Å². The van der Waals surface area contributed by atoms with Gasteiger partial charge in [-0.15, -0.1) is 0 Å². The Morgan fingerprint density at radius 1 is 1.11 bits per heavy atom. The van der Waals surface area contributed by atoms with Crippen LogP contribution in [-0.4, -0.2) is 17.1 Å². The molecule has 100 valence electrons. The molecule has 1 heterocycles. The highest BCUT2D eigenvalue weighted by Crippen LogP contribution is 2.28. The molecule has 0 aliphatic carbocycles. The Morgan fingerprint density at radius 2 is 1.79 bits per heavy atom. The summed E-state index contributed by atoms with van der Waals surface area (Å²) in [5.41, 5.74) is 18.6. The third-order valence-corrected chi connectivity index (χ3v) is 3.31. The third-order valence-electron chi connectivity index (χ3n) is 2.41. The van der Waals surface area contributed by atoms with Crippen LogP contribution in [0.1, 0.15) is 5.56 Å². The second kappa shape index (κ2) is 5.66. The minimum atomic E-state index is 0.360. The fraction of sp³-hybridized carbons (Fsp3) is 0.167. The molecule has 0 bridgehead atoms. The zero-order valence-electron chi connectivity index (χ0n) is 10.5. The van der Waals surface area contributed by atoms with Crippen LogP contribution in [0, 0.1) is 0 Å². The first-order valence-corrected chi connectivity index (χ1v) is 6.52. The van der Waals surface area contributed by atoms with Crippen LogP contribution in [0.15, 0.2) is 29.4 Å². The van der Waals surface area contributed by atoms with Crippen LogP contribution in [0.5, 0.6) is 5.75 Å². The second-order valence-electron chi connectivity index (χ2n) is 3.86. The summed E-state index contributed by atoms with van der Waals surface area (Å²) in [6.07, 6.45) is 0. The fourth-order valence-electron chi connectivity index (χ4n) is 1.55. The smallest absolute Gasteiger partial charge is 0.191 e. The number of hydrogen-bond acceptors (Lipinski definition) is 7. The van der Waals surface area contributed by atoms with E-state index in [-0.39, 0.29) is 0 Å². The van der Waals surface area contributed by atoms with Gasteiger partial charge in [-0.2, -0.15) is 0 Å². The van der Waals surface area contributed by atoms with Gasteiger partial charge >= 0.3 is 0 Å². The Hall–Kier alpha value is -2.15. The van der Waals surface area contributed by atoms with Gasteiger partial charge in [0.05, 0.1) is 7.11 Å². The fourth-order valence-corrected chi connectivity index (χ4v) is 2.41. The normalized spacial score (nSPS) is 10.4. The van der Waals surface area contributed by atoms with Crippen molar-refractivity contribution in [2.24, 2.45) is 0 Å². The molecule has 0 spiro atoms. The summed E-state index contributed by atoms with van der Waals surface area (Å²) in [4.78, 5) is 8.21. The minimum Gasteiger partial charge on any atom is -0.496 e. The van der Waals surface area contributed by atoms with Crippen LogP contribution >= 0.6 is 11.8 Å². The van der Waals surface area contributed by atoms with Gasteiger partial charge in [-0.3, -0.25) is 0 Å². The Bertz CT molecular complexity index is 570. The molecule has 2 aromatic rings. The van der Waals surface area contributed by atoms with Crippen LogP contribution in [0.4, 0.5) is 17.3 Å². The van der Waals surface area contributed by atoms with Gasteiger partial charge in [0.2, 0.25) is 0 Å². The molecule has 1 aromatic carbocycles. The van der Waals surface area contributed by atoms with Gasteiger partial charge in [-0.1, -0.05) is 17.8 Å². The van der Waals surface area contributed by atoms with Gasteiger partial charge in [0, 0.05) is 29.1 Å². The van der Waals surface area contributed by atoms with Crippen LogP contribution < -0.4 is 21.9 Å². The standard InChI is InChI=1S/C12H15N5OS/c1-18-9-4-8(13)3-2-7(9)6-19-12-16-10(14)5-11(15)17-12/h2-5H,6,13H2,1H3,(H4,14,15,16,17). The number of thioether (sulfide) groups is 1. The van der Waals surface area contributed by atoms with Crippen molar-refractivity contribution in [2.45, 2.75) is 10.9 Å². The quantitative estimate of drug-likeness (QED) is 0.441. The molecule has 2 rings (SSSR count). The average molecular weight is 277 g/mol. The Morgan fingerprint density at radius 3 is 2.42 bits per heavy atom. The van der Waals surface area contributed by atoms with E-state index in [2.05, 4.69) is 9.97 Å². The molecule has 0 radical (unpaired) electrons. The van der Waals surface area contributed by atoms with E-state index < -0.39 is 0 Å². The third kappa shape index (κ3) is 3.41. The van der Waals surface area contributed by atoms with Crippen LogP contribution in [0.2, 0.25) is 0 Å². The number of nitrogens with zero attached hydrogens (tertiary/aromatic N) is 2. The first-order valence-electron chi connectivity index (χ1n) is 5.53. The summed E-state index contributed by atoms with van der Waals surface area (Å²) >= 11 is 1.43. The molecule has 0 aliphatic rings. The number of nitrogen functional groups attached to an aromatic ring is 3. The van der Waals surface area contributed by atoms with Gasteiger partial charge in [0.1, 0.15) is 17.4 Å². The molecule has 0 saturated heterocycles. The maximum absolute atomic E-state index is 5.71. The number of hydrogen-bond donors (Lipinski definition) is 3. The number of benzene rings is 1. The number of ether oxygens (including phenoxy) is 1. The predicted octanol–water partition coefficient (Wildman–Crippen LogP) is 1.52. The van der Waals surface area contributed by atoms with E-state index in [4.69, 9.17) is 21.9 Å². The molecule has 6 nitrogen and oxygen atoms in total. The zero-order valence-corrected chi connectivity index (χ0v) is 11.3. The summed E-state index contributed by atoms with van der Waals surface area (Å²) in [7, 11) is 1.61. The van der Waals surface area contributed by atoms with Gasteiger partial charge < -0.3 is 21.9 Å².